The minimum Gasteiger partial charge on any atom is -0.394 e. The van der Waals surface area contributed by atoms with Crippen LogP contribution in [0.1, 0.15) is 264 Å². The molecule has 0 saturated carbocycles. The van der Waals surface area contributed by atoms with Crippen molar-refractivity contribution in [1.82, 2.24) is 5.32 Å². The van der Waals surface area contributed by atoms with E-state index in [0.29, 0.717) is 6.42 Å². The van der Waals surface area contributed by atoms with Crippen LogP contribution < -0.4 is 5.32 Å². The highest BCUT2D eigenvalue weighted by atomic mass is 16.3. The Balaban J connectivity index is 3.52. The summed E-state index contributed by atoms with van der Waals surface area (Å²) in [6, 6.07) is -0.647. The number of rotatable bonds is 48. The van der Waals surface area contributed by atoms with Gasteiger partial charge in [0.05, 0.1) is 18.8 Å². The van der Waals surface area contributed by atoms with Gasteiger partial charge in [0.2, 0.25) is 5.91 Å². The molecule has 0 spiro atoms. The molecule has 2 unspecified atom stereocenters. The first-order valence-electron chi connectivity index (χ1n) is 26.7. The number of nitrogens with one attached hydrogen (secondary N) is 1. The van der Waals surface area contributed by atoms with E-state index in [4.69, 9.17) is 0 Å². The van der Waals surface area contributed by atoms with E-state index in [2.05, 4.69) is 79.9 Å². The first-order chi connectivity index (χ1) is 30.2. The average molecular weight is 850 g/mol. The Hall–Kier alpha value is -2.17. The first-order valence-corrected chi connectivity index (χ1v) is 26.7. The van der Waals surface area contributed by atoms with Gasteiger partial charge in [0, 0.05) is 6.42 Å². The van der Waals surface area contributed by atoms with Crippen LogP contribution in [0.2, 0.25) is 0 Å². The van der Waals surface area contributed by atoms with Crippen LogP contribution >= 0.6 is 0 Å². The molecule has 1 amide bonds. The van der Waals surface area contributed by atoms with Crippen molar-refractivity contribution >= 4 is 5.91 Å². The number of aliphatic hydroxyl groups excluding tert-OH is 2. The normalized spacial score (nSPS) is 13.4. The zero-order chi connectivity index (χ0) is 44.2. The second kappa shape index (κ2) is 52.2. The van der Waals surface area contributed by atoms with Gasteiger partial charge in [-0.1, -0.05) is 247 Å². The van der Waals surface area contributed by atoms with Crippen molar-refractivity contribution in [2.75, 3.05) is 6.61 Å². The Labute approximate surface area is 380 Å². The smallest absolute Gasteiger partial charge is 0.220 e. The molecular formula is C57H103NO3. The van der Waals surface area contributed by atoms with Gasteiger partial charge in [-0.05, 0) is 83.5 Å². The minimum atomic E-state index is -0.872. The van der Waals surface area contributed by atoms with Gasteiger partial charge in [0.25, 0.3) is 0 Å². The topological polar surface area (TPSA) is 69.6 Å². The lowest BCUT2D eigenvalue weighted by Gasteiger charge is -2.19. The summed E-state index contributed by atoms with van der Waals surface area (Å²) in [5.41, 5.74) is 0. The molecule has 3 N–H and O–H groups in total. The highest BCUT2D eigenvalue weighted by Crippen LogP contribution is 2.16. The van der Waals surface area contributed by atoms with Crippen molar-refractivity contribution in [1.29, 1.82) is 0 Å². The molecule has 0 saturated heterocycles. The second-order valence-corrected chi connectivity index (χ2v) is 17.9. The SMILES string of the molecule is CCCCCCC/C=C\C/C=C\C/C=C\CCCCCCCCCCCCCCCCCCCCC(=O)NC(CO)C(O)/C=C/CC/C=C/CC/C=C/CCCCCCCC. The lowest BCUT2D eigenvalue weighted by Crippen LogP contribution is -2.45. The average Bonchev–Trinajstić information content (AvgIpc) is 3.26. The summed E-state index contributed by atoms with van der Waals surface area (Å²) >= 11 is 0. The van der Waals surface area contributed by atoms with Crippen LogP contribution in [0.3, 0.4) is 0 Å². The number of allylic oxidation sites excluding steroid dienone is 11. The third kappa shape index (κ3) is 48.7. The molecule has 0 fully saturated rings. The maximum Gasteiger partial charge on any atom is 0.220 e. The van der Waals surface area contributed by atoms with Crippen LogP contribution in [0.15, 0.2) is 72.9 Å². The van der Waals surface area contributed by atoms with E-state index in [-0.39, 0.29) is 12.5 Å². The second-order valence-electron chi connectivity index (χ2n) is 17.9. The van der Waals surface area contributed by atoms with Crippen molar-refractivity contribution in [2.45, 2.75) is 276 Å². The highest BCUT2D eigenvalue weighted by molar-refractivity contribution is 5.76. The van der Waals surface area contributed by atoms with E-state index in [1.54, 1.807) is 6.08 Å². The van der Waals surface area contributed by atoms with Gasteiger partial charge in [-0.2, -0.15) is 0 Å². The molecule has 2 atom stereocenters. The van der Waals surface area contributed by atoms with Gasteiger partial charge in [-0.15, -0.1) is 0 Å². The zero-order valence-electron chi connectivity index (χ0n) is 40.7. The van der Waals surface area contributed by atoms with Gasteiger partial charge in [-0.25, -0.2) is 0 Å². The summed E-state index contributed by atoms with van der Waals surface area (Å²) in [7, 11) is 0. The third-order valence-corrected chi connectivity index (χ3v) is 11.9. The Bertz CT molecular complexity index is 1050. The Morgan fingerprint density at radius 3 is 1.07 bits per heavy atom. The number of hydrogen-bond acceptors (Lipinski definition) is 3. The van der Waals surface area contributed by atoms with Gasteiger partial charge in [0.1, 0.15) is 0 Å². The molecule has 4 nitrogen and oxygen atoms in total. The summed E-state index contributed by atoms with van der Waals surface area (Å²) in [5, 5.41) is 23.1. The summed E-state index contributed by atoms with van der Waals surface area (Å²) in [4.78, 5) is 12.4. The maximum atomic E-state index is 12.4. The number of aliphatic hydroxyl groups is 2. The van der Waals surface area contributed by atoms with E-state index in [1.807, 2.05) is 6.08 Å². The molecule has 0 aromatic rings. The molecule has 0 radical (unpaired) electrons. The van der Waals surface area contributed by atoms with Crippen LogP contribution in [0.4, 0.5) is 0 Å². The van der Waals surface area contributed by atoms with Crippen LogP contribution in [0.5, 0.6) is 0 Å². The van der Waals surface area contributed by atoms with Crippen molar-refractivity contribution in [3.8, 4) is 0 Å². The van der Waals surface area contributed by atoms with Gasteiger partial charge in [-0.3, -0.25) is 4.79 Å². The summed E-state index contributed by atoms with van der Waals surface area (Å²) in [6.07, 6.45) is 74.8. The lowest BCUT2D eigenvalue weighted by atomic mass is 10.0. The number of amides is 1. The maximum absolute atomic E-state index is 12.4. The Morgan fingerprint density at radius 1 is 0.393 bits per heavy atom. The molecule has 0 aliphatic rings. The first kappa shape index (κ1) is 58.8. The third-order valence-electron chi connectivity index (χ3n) is 11.9. The van der Waals surface area contributed by atoms with Crippen LogP contribution in [-0.2, 0) is 4.79 Å². The quantitative estimate of drug-likeness (QED) is 0.0422. The van der Waals surface area contributed by atoms with Crippen molar-refractivity contribution in [3.63, 3.8) is 0 Å². The van der Waals surface area contributed by atoms with Gasteiger partial charge < -0.3 is 15.5 Å². The van der Waals surface area contributed by atoms with Crippen LogP contribution in [0.25, 0.3) is 0 Å². The predicted molar refractivity (Wildman–Crippen MR) is 271 cm³/mol. The number of carbonyl (C=O) groups excluding carboxylic acids is 1. The molecular weight excluding hydrogens is 747 g/mol. The molecule has 0 rings (SSSR count). The van der Waals surface area contributed by atoms with Gasteiger partial charge in [0.15, 0.2) is 0 Å². The standard InChI is InChI=1S/C57H103NO3/c1-3-5-7-9-11-13-15-17-19-21-22-23-24-25-26-27-28-29-30-31-32-33-34-35-36-37-39-41-43-45-47-49-51-53-57(61)58-55(54-59)56(60)52-50-48-46-44-42-40-38-20-18-16-14-12-10-8-6-4-2/h15,17-18,20-22,24-25,42,44,50,52,55-56,59-60H,3-14,16,19,23,26-41,43,45-49,51,53-54H2,1-2H3,(H,58,61)/b17-15-,20-18+,22-21-,25-24-,44-42+,52-50+. The molecule has 0 aromatic carbocycles. The molecule has 354 valence electrons. The summed E-state index contributed by atoms with van der Waals surface area (Å²) < 4.78 is 0. The molecule has 0 aromatic heterocycles. The molecule has 0 aliphatic heterocycles. The van der Waals surface area contributed by atoms with Crippen molar-refractivity contribution < 1.29 is 15.0 Å². The van der Waals surface area contributed by atoms with Gasteiger partial charge >= 0.3 is 0 Å². The molecule has 4 heteroatoms. The molecule has 0 heterocycles. The lowest BCUT2D eigenvalue weighted by molar-refractivity contribution is -0.123. The fourth-order valence-corrected chi connectivity index (χ4v) is 7.81. The number of hydrogen-bond donors (Lipinski definition) is 3. The Morgan fingerprint density at radius 2 is 0.689 bits per heavy atom. The molecule has 0 bridgehead atoms. The Kier molecular flexibility index (Phi) is 50.3. The number of carbonyl (C=O) groups is 1. The van der Waals surface area contributed by atoms with E-state index in [0.717, 1.165) is 51.4 Å². The van der Waals surface area contributed by atoms with Crippen molar-refractivity contribution in [3.05, 3.63) is 72.9 Å². The minimum absolute atomic E-state index is 0.0777. The van der Waals surface area contributed by atoms with E-state index >= 15 is 0 Å². The molecule has 0 aliphatic carbocycles. The van der Waals surface area contributed by atoms with Crippen LogP contribution in [-0.4, -0.2) is 34.9 Å². The summed E-state index contributed by atoms with van der Waals surface area (Å²) in [5.74, 6) is -0.0777. The monoisotopic (exact) mass is 850 g/mol. The van der Waals surface area contributed by atoms with E-state index in [1.165, 1.54) is 193 Å². The largest absolute Gasteiger partial charge is 0.394 e. The predicted octanol–water partition coefficient (Wildman–Crippen LogP) is 17.4. The summed E-state index contributed by atoms with van der Waals surface area (Å²) in [6.45, 7) is 4.28. The zero-order valence-corrected chi connectivity index (χ0v) is 40.7. The van der Waals surface area contributed by atoms with Crippen LogP contribution in [0, 0.1) is 0 Å². The fourth-order valence-electron chi connectivity index (χ4n) is 7.81. The van der Waals surface area contributed by atoms with E-state index in [9.17, 15) is 15.0 Å². The van der Waals surface area contributed by atoms with Crippen molar-refractivity contribution in [2.24, 2.45) is 0 Å². The highest BCUT2D eigenvalue weighted by Gasteiger charge is 2.17. The number of unbranched alkanes of at least 4 members (excludes halogenated alkanes) is 31. The fraction of sp³-hybridized carbons (Fsp3) is 0.772. The molecule has 61 heavy (non-hydrogen) atoms. The van der Waals surface area contributed by atoms with E-state index < -0.39 is 12.1 Å².